The Morgan fingerprint density at radius 3 is 2.45 bits per heavy atom. The van der Waals surface area contributed by atoms with Gasteiger partial charge in [-0.05, 0) is 43.7 Å². The lowest BCUT2D eigenvalue weighted by Gasteiger charge is -2.09. The SMILES string of the molecule is Cc1ccc(/C=N/NC(=O)CSc2nnc(-c3ccco3)n2-c2ccc(C)cc2)cc1. The van der Waals surface area contributed by atoms with Crippen LogP contribution in [0.25, 0.3) is 17.3 Å². The number of hydrogen-bond acceptors (Lipinski definition) is 6. The zero-order valence-electron chi connectivity index (χ0n) is 17.1. The van der Waals surface area contributed by atoms with Gasteiger partial charge in [-0.1, -0.05) is 59.3 Å². The van der Waals surface area contributed by atoms with Crippen LogP contribution < -0.4 is 5.43 Å². The Balaban J connectivity index is 1.47. The third kappa shape index (κ3) is 5.10. The number of furan rings is 1. The van der Waals surface area contributed by atoms with Gasteiger partial charge in [-0.2, -0.15) is 5.10 Å². The maximum atomic E-state index is 12.3. The predicted octanol–water partition coefficient (Wildman–Crippen LogP) is 4.39. The number of aryl methyl sites for hydroxylation is 2. The van der Waals surface area contributed by atoms with Gasteiger partial charge in [0.15, 0.2) is 10.9 Å². The van der Waals surface area contributed by atoms with E-state index in [1.165, 1.54) is 17.3 Å². The van der Waals surface area contributed by atoms with Gasteiger partial charge in [-0.3, -0.25) is 9.36 Å². The summed E-state index contributed by atoms with van der Waals surface area (Å²) >= 11 is 1.28. The van der Waals surface area contributed by atoms with E-state index in [9.17, 15) is 4.79 Å². The van der Waals surface area contributed by atoms with Crippen molar-refractivity contribution in [3.63, 3.8) is 0 Å². The largest absolute Gasteiger partial charge is 0.461 e. The van der Waals surface area contributed by atoms with E-state index in [4.69, 9.17) is 4.42 Å². The first-order chi connectivity index (χ1) is 15.1. The molecule has 8 heteroatoms. The predicted molar refractivity (Wildman–Crippen MR) is 121 cm³/mol. The van der Waals surface area contributed by atoms with Crippen LogP contribution in [0.2, 0.25) is 0 Å². The van der Waals surface area contributed by atoms with Gasteiger partial charge in [0.1, 0.15) is 0 Å². The molecule has 4 rings (SSSR count). The first-order valence-electron chi connectivity index (χ1n) is 9.68. The second-order valence-electron chi connectivity index (χ2n) is 6.95. The molecule has 0 saturated carbocycles. The molecule has 156 valence electrons. The molecule has 1 N–H and O–H groups in total. The lowest BCUT2D eigenvalue weighted by molar-refractivity contribution is -0.118. The number of carbonyl (C=O) groups excluding carboxylic acids is 1. The van der Waals surface area contributed by atoms with Crippen LogP contribution in [0, 0.1) is 13.8 Å². The molecule has 0 aliphatic rings. The van der Waals surface area contributed by atoms with Crippen molar-refractivity contribution in [1.29, 1.82) is 0 Å². The molecule has 2 aromatic carbocycles. The molecule has 0 unspecified atom stereocenters. The van der Waals surface area contributed by atoms with Crippen LogP contribution in [0.1, 0.15) is 16.7 Å². The molecule has 31 heavy (non-hydrogen) atoms. The summed E-state index contributed by atoms with van der Waals surface area (Å²) in [4.78, 5) is 12.3. The smallest absolute Gasteiger partial charge is 0.250 e. The number of benzene rings is 2. The molecule has 0 aliphatic carbocycles. The van der Waals surface area contributed by atoms with E-state index in [0.717, 1.165) is 16.8 Å². The van der Waals surface area contributed by atoms with Crippen LogP contribution in [0.3, 0.4) is 0 Å². The number of aromatic nitrogens is 3. The third-order valence-electron chi connectivity index (χ3n) is 4.48. The maximum Gasteiger partial charge on any atom is 0.250 e. The molecular weight excluding hydrogens is 410 g/mol. The molecule has 0 atom stereocenters. The molecule has 7 nitrogen and oxygen atoms in total. The van der Waals surface area contributed by atoms with E-state index in [2.05, 4.69) is 20.7 Å². The number of hydrazone groups is 1. The van der Waals surface area contributed by atoms with Crippen LogP contribution >= 0.6 is 11.8 Å². The summed E-state index contributed by atoms with van der Waals surface area (Å²) in [7, 11) is 0. The normalized spacial score (nSPS) is 11.2. The highest BCUT2D eigenvalue weighted by atomic mass is 32.2. The topological polar surface area (TPSA) is 85.3 Å². The fourth-order valence-electron chi connectivity index (χ4n) is 2.85. The van der Waals surface area contributed by atoms with Crippen LogP contribution in [0.5, 0.6) is 0 Å². The summed E-state index contributed by atoms with van der Waals surface area (Å²) in [6.45, 7) is 4.05. The maximum absolute atomic E-state index is 12.3. The van der Waals surface area contributed by atoms with Gasteiger partial charge >= 0.3 is 0 Å². The summed E-state index contributed by atoms with van der Waals surface area (Å²) in [5, 5.41) is 13.2. The summed E-state index contributed by atoms with van der Waals surface area (Å²) in [6, 6.07) is 19.5. The van der Waals surface area contributed by atoms with Crippen molar-refractivity contribution in [3.05, 3.63) is 83.6 Å². The van der Waals surface area contributed by atoms with Crippen LogP contribution in [0.4, 0.5) is 0 Å². The van der Waals surface area contributed by atoms with Gasteiger partial charge in [0.2, 0.25) is 5.82 Å². The van der Waals surface area contributed by atoms with E-state index >= 15 is 0 Å². The lowest BCUT2D eigenvalue weighted by Crippen LogP contribution is -2.20. The monoisotopic (exact) mass is 431 g/mol. The average molecular weight is 432 g/mol. The van der Waals surface area contributed by atoms with Crippen molar-refractivity contribution < 1.29 is 9.21 Å². The quantitative estimate of drug-likeness (QED) is 0.267. The van der Waals surface area contributed by atoms with E-state index in [1.54, 1.807) is 18.5 Å². The Kier molecular flexibility index (Phi) is 6.28. The fourth-order valence-corrected chi connectivity index (χ4v) is 3.59. The van der Waals surface area contributed by atoms with Gasteiger partial charge < -0.3 is 4.42 Å². The third-order valence-corrected chi connectivity index (χ3v) is 5.41. The van der Waals surface area contributed by atoms with Crippen molar-refractivity contribution >= 4 is 23.9 Å². The Hall–Kier alpha value is -3.65. The molecule has 2 heterocycles. The first kappa shape index (κ1) is 20.6. The molecule has 0 fully saturated rings. The van der Waals surface area contributed by atoms with Crippen molar-refractivity contribution in [2.75, 3.05) is 5.75 Å². The zero-order chi connectivity index (χ0) is 21.6. The number of thioether (sulfide) groups is 1. The number of nitrogens with one attached hydrogen (secondary N) is 1. The zero-order valence-corrected chi connectivity index (χ0v) is 18.0. The molecule has 0 bridgehead atoms. The number of amides is 1. The van der Waals surface area contributed by atoms with E-state index < -0.39 is 0 Å². The molecule has 0 aliphatic heterocycles. The van der Waals surface area contributed by atoms with Crippen LogP contribution in [-0.2, 0) is 4.79 Å². The van der Waals surface area contributed by atoms with Crippen molar-refractivity contribution in [2.24, 2.45) is 5.10 Å². The molecule has 2 aromatic heterocycles. The van der Waals surface area contributed by atoms with Crippen LogP contribution in [-0.4, -0.2) is 32.6 Å². The standard InChI is InChI=1S/C23H21N5O2S/c1-16-5-9-18(10-6-16)14-24-25-21(29)15-31-23-27-26-22(20-4-3-13-30-20)28(23)19-11-7-17(2)8-12-19/h3-14H,15H2,1-2H3,(H,25,29)/b24-14+. The van der Waals surface area contributed by atoms with Crippen molar-refractivity contribution in [2.45, 2.75) is 19.0 Å². The van der Waals surface area contributed by atoms with Gasteiger partial charge in [-0.25, -0.2) is 5.43 Å². The van der Waals surface area contributed by atoms with E-state index in [1.807, 2.05) is 73.0 Å². The highest BCUT2D eigenvalue weighted by molar-refractivity contribution is 7.99. The number of hydrogen-bond donors (Lipinski definition) is 1. The molecule has 0 saturated heterocycles. The Labute approximate surface area is 184 Å². The summed E-state index contributed by atoms with van der Waals surface area (Å²) < 4.78 is 7.40. The second-order valence-corrected chi connectivity index (χ2v) is 7.89. The fraction of sp³-hybridized carbons (Fsp3) is 0.130. The number of nitrogens with zero attached hydrogens (tertiary/aromatic N) is 4. The summed E-state index contributed by atoms with van der Waals surface area (Å²) in [5.74, 6) is 1.10. The molecule has 0 radical (unpaired) electrons. The number of rotatable bonds is 7. The molecule has 4 aromatic rings. The molecule has 0 spiro atoms. The Bertz CT molecular complexity index is 1180. The van der Waals surface area contributed by atoms with E-state index in [-0.39, 0.29) is 11.7 Å². The second kappa shape index (κ2) is 9.44. The lowest BCUT2D eigenvalue weighted by atomic mass is 10.2. The van der Waals surface area contributed by atoms with Gasteiger partial charge in [-0.15, -0.1) is 10.2 Å². The number of carbonyl (C=O) groups is 1. The van der Waals surface area contributed by atoms with Crippen LogP contribution in [0.15, 0.2) is 81.6 Å². The molecule has 1 amide bonds. The summed E-state index contributed by atoms with van der Waals surface area (Å²) in [5.41, 5.74) is 6.68. The summed E-state index contributed by atoms with van der Waals surface area (Å²) in [6.07, 6.45) is 3.21. The minimum atomic E-state index is -0.230. The Morgan fingerprint density at radius 1 is 1.06 bits per heavy atom. The van der Waals surface area contributed by atoms with Crippen molar-refractivity contribution in [3.8, 4) is 17.3 Å². The Morgan fingerprint density at radius 2 is 1.77 bits per heavy atom. The first-order valence-corrected chi connectivity index (χ1v) is 10.7. The van der Waals surface area contributed by atoms with Gasteiger partial charge in [0.05, 0.1) is 18.2 Å². The minimum absolute atomic E-state index is 0.146. The highest BCUT2D eigenvalue weighted by Crippen LogP contribution is 2.28. The highest BCUT2D eigenvalue weighted by Gasteiger charge is 2.18. The van der Waals surface area contributed by atoms with Crippen molar-refractivity contribution in [1.82, 2.24) is 20.2 Å². The average Bonchev–Trinajstić information content (AvgIpc) is 3.44. The van der Waals surface area contributed by atoms with E-state index in [0.29, 0.717) is 16.7 Å². The molecular formula is C23H21N5O2S. The van der Waals surface area contributed by atoms with Gasteiger partial charge in [0.25, 0.3) is 5.91 Å². The minimum Gasteiger partial charge on any atom is -0.461 e. The van der Waals surface area contributed by atoms with Gasteiger partial charge in [0, 0.05) is 5.69 Å².